The third kappa shape index (κ3) is 3.28. The topological polar surface area (TPSA) is 66.8 Å². The Morgan fingerprint density at radius 2 is 1.79 bits per heavy atom. The van der Waals surface area contributed by atoms with E-state index >= 15 is 0 Å². The van der Waals surface area contributed by atoms with E-state index in [0.717, 1.165) is 0 Å². The Hall–Kier alpha value is -1.96. The molecule has 0 aromatic heterocycles. The number of para-hydroxylation sites is 1. The van der Waals surface area contributed by atoms with Crippen molar-refractivity contribution in [1.82, 2.24) is 4.31 Å². The fraction of sp³-hybridized carbons (Fsp3) is 0.294. The van der Waals surface area contributed by atoms with Crippen LogP contribution < -0.4 is 4.74 Å². The largest absolute Gasteiger partial charge is 0.487 e. The fourth-order valence-corrected chi connectivity index (χ4v) is 4.25. The minimum absolute atomic E-state index is 0.0220. The van der Waals surface area contributed by atoms with Crippen LogP contribution in [-0.4, -0.2) is 37.5 Å². The molecule has 1 heterocycles. The molecule has 2 aromatic rings. The van der Waals surface area contributed by atoms with Crippen molar-refractivity contribution in [3.63, 3.8) is 0 Å². The third-order valence-electron chi connectivity index (χ3n) is 3.99. The zero-order chi connectivity index (χ0) is 17.2. The Morgan fingerprint density at radius 3 is 2.50 bits per heavy atom. The Balaban J connectivity index is 1.80. The molecule has 0 spiro atoms. The molecule has 0 unspecified atom stereocenters. The molecule has 0 bridgehead atoms. The number of benzene rings is 2. The van der Waals surface area contributed by atoms with E-state index in [0.29, 0.717) is 18.7 Å². The van der Waals surface area contributed by atoms with E-state index in [4.69, 9.17) is 9.84 Å². The number of ether oxygens (including phenoxy) is 1. The Bertz CT molecular complexity index is 819. The van der Waals surface area contributed by atoms with Crippen molar-refractivity contribution in [3.05, 3.63) is 59.9 Å². The first-order valence-corrected chi connectivity index (χ1v) is 9.02. The molecule has 0 radical (unpaired) electrons. The van der Waals surface area contributed by atoms with Crippen molar-refractivity contribution in [3.8, 4) is 5.75 Å². The number of nitrogens with zero attached hydrogens (tertiary/aromatic N) is 1. The maximum Gasteiger partial charge on any atom is 0.246 e. The highest BCUT2D eigenvalue weighted by molar-refractivity contribution is 7.89. The first-order valence-electron chi connectivity index (χ1n) is 7.58. The highest BCUT2D eigenvalue weighted by Crippen LogP contribution is 2.31. The van der Waals surface area contributed by atoms with Crippen LogP contribution in [0.15, 0.2) is 53.4 Å². The summed E-state index contributed by atoms with van der Waals surface area (Å²) in [6, 6.07) is 12.5. The van der Waals surface area contributed by atoms with Gasteiger partial charge >= 0.3 is 0 Å². The van der Waals surface area contributed by atoms with Gasteiger partial charge in [-0.05, 0) is 18.2 Å². The van der Waals surface area contributed by atoms with Crippen LogP contribution in [0.5, 0.6) is 5.75 Å². The molecule has 0 amide bonds. The predicted molar refractivity (Wildman–Crippen MR) is 86.5 cm³/mol. The lowest BCUT2D eigenvalue weighted by Crippen LogP contribution is -2.51. The average Bonchev–Trinajstić information content (AvgIpc) is 2.53. The van der Waals surface area contributed by atoms with Crippen LogP contribution in [0.25, 0.3) is 0 Å². The summed E-state index contributed by atoms with van der Waals surface area (Å²) in [5.74, 6) is -0.231. The second-order valence-corrected chi connectivity index (χ2v) is 7.60. The average molecular weight is 351 g/mol. The second kappa shape index (κ2) is 6.88. The zero-order valence-electron chi connectivity index (χ0n) is 12.9. The van der Waals surface area contributed by atoms with E-state index in [1.165, 1.54) is 16.4 Å². The van der Waals surface area contributed by atoms with E-state index in [2.05, 4.69) is 0 Å². The smallest absolute Gasteiger partial charge is 0.246 e. The van der Waals surface area contributed by atoms with Gasteiger partial charge in [0.15, 0.2) is 0 Å². The molecular weight excluding hydrogens is 333 g/mol. The Kier molecular flexibility index (Phi) is 4.84. The van der Waals surface area contributed by atoms with Gasteiger partial charge in [0.1, 0.15) is 23.1 Å². The molecule has 0 atom stereocenters. The molecule has 1 saturated heterocycles. The highest BCUT2D eigenvalue weighted by Gasteiger charge is 2.37. The van der Waals surface area contributed by atoms with Crippen LogP contribution >= 0.6 is 0 Å². The minimum Gasteiger partial charge on any atom is -0.487 e. The van der Waals surface area contributed by atoms with E-state index in [1.54, 1.807) is 36.4 Å². The van der Waals surface area contributed by atoms with Crippen molar-refractivity contribution in [1.29, 1.82) is 0 Å². The van der Waals surface area contributed by atoms with Crippen LogP contribution in [0.3, 0.4) is 0 Å². The third-order valence-corrected chi connectivity index (χ3v) is 5.86. The van der Waals surface area contributed by atoms with Gasteiger partial charge < -0.3 is 9.84 Å². The van der Waals surface area contributed by atoms with Gasteiger partial charge in [0.25, 0.3) is 0 Å². The van der Waals surface area contributed by atoms with E-state index in [1.807, 2.05) is 0 Å². The van der Waals surface area contributed by atoms with Crippen molar-refractivity contribution >= 4 is 10.0 Å². The van der Waals surface area contributed by atoms with E-state index < -0.39 is 15.8 Å². The maximum atomic E-state index is 13.7. The molecule has 7 heteroatoms. The summed E-state index contributed by atoms with van der Waals surface area (Å²) in [7, 11) is -3.69. The molecule has 1 N–H and O–H groups in total. The van der Waals surface area contributed by atoms with Gasteiger partial charge in [-0.15, -0.1) is 0 Å². The number of hydrogen-bond acceptors (Lipinski definition) is 4. The number of halogens is 1. The number of sulfonamides is 1. The summed E-state index contributed by atoms with van der Waals surface area (Å²) in [5.41, 5.74) is 0.356. The van der Waals surface area contributed by atoms with Gasteiger partial charge in [-0.25, -0.2) is 12.8 Å². The van der Waals surface area contributed by atoms with Gasteiger partial charge in [0, 0.05) is 31.2 Å². The summed E-state index contributed by atoms with van der Waals surface area (Å²) in [6.07, 6.45) is 0. The Labute approximate surface area is 140 Å². The summed E-state index contributed by atoms with van der Waals surface area (Å²) in [4.78, 5) is 0.0535. The van der Waals surface area contributed by atoms with Crippen LogP contribution in [0.4, 0.5) is 4.39 Å². The SMILES string of the molecule is O=S(=O)(c1ccccc1OCc1ccccc1F)N1CC(CO)C1. The van der Waals surface area contributed by atoms with Crippen LogP contribution in [0.2, 0.25) is 0 Å². The summed E-state index contributed by atoms with van der Waals surface area (Å²) < 4.78 is 45.9. The molecule has 3 rings (SSSR count). The maximum absolute atomic E-state index is 13.7. The van der Waals surface area contributed by atoms with Gasteiger partial charge in [0.05, 0.1) is 0 Å². The zero-order valence-corrected chi connectivity index (χ0v) is 13.7. The summed E-state index contributed by atoms with van der Waals surface area (Å²) >= 11 is 0. The molecular formula is C17H18FNO4S. The number of hydrogen-bond donors (Lipinski definition) is 1. The lowest BCUT2D eigenvalue weighted by Gasteiger charge is -2.37. The van der Waals surface area contributed by atoms with Crippen molar-refractivity contribution in [2.45, 2.75) is 11.5 Å². The number of rotatable bonds is 6. The molecule has 1 aliphatic heterocycles. The molecule has 24 heavy (non-hydrogen) atoms. The lowest BCUT2D eigenvalue weighted by molar-refractivity contribution is 0.117. The quantitative estimate of drug-likeness (QED) is 0.865. The van der Waals surface area contributed by atoms with Crippen LogP contribution in [0.1, 0.15) is 5.56 Å². The summed E-state index contributed by atoms with van der Waals surface area (Å²) in [5, 5.41) is 9.05. The first kappa shape index (κ1) is 16.9. The summed E-state index contributed by atoms with van der Waals surface area (Å²) in [6.45, 7) is 0.497. The standard InChI is InChI=1S/C17H18FNO4S/c18-15-6-2-1-5-14(15)12-23-16-7-3-4-8-17(16)24(21,22)19-9-13(10-19)11-20/h1-8,13,20H,9-12H2. The Morgan fingerprint density at radius 1 is 1.12 bits per heavy atom. The monoisotopic (exact) mass is 351 g/mol. The predicted octanol–water partition coefficient (Wildman–Crippen LogP) is 2.02. The normalized spacial score (nSPS) is 15.9. The van der Waals surface area contributed by atoms with Gasteiger partial charge in [-0.3, -0.25) is 0 Å². The first-order chi connectivity index (χ1) is 11.5. The molecule has 5 nitrogen and oxygen atoms in total. The molecule has 128 valence electrons. The molecule has 1 fully saturated rings. The highest BCUT2D eigenvalue weighted by atomic mass is 32.2. The number of aliphatic hydroxyl groups is 1. The second-order valence-electron chi connectivity index (χ2n) is 5.70. The van der Waals surface area contributed by atoms with Gasteiger partial charge in [0.2, 0.25) is 10.0 Å². The lowest BCUT2D eigenvalue weighted by atomic mass is 10.1. The molecule has 0 aliphatic carbocycles. The molecule has 2 aromatic carbocycles. The molecule has 0 saturated carbocycles. The van der Waals surface area contributed by atoms with Crippen molar-refractivity contribution in [2.75, 3.05) is 19.7 Å². The van der Waals surface area contributed by atoms with Gasteiger partial charge in [-0.2, -0.15) is 4.31 Å². The van der Waals surface area contributed by atoms with Crippen molar-refractivity contribution < 1.29 is 22.7 Å². The minimum atomic E-state index is -3.69. The fourth-order valence-electron chi connectivity index (χ4n) is 2.53. The van der Waals surface area contributed by atoms with Crippen LogP contribution in [0, 0.1) is 11.7 Å². The van der Waals surface area contributed by atoms with Crippen molar-refractivity contribution in [2.24, 2.45) is 5.92 Å². The molecule has 1 aliphatic rings. The van der Waals surface area contributed by atoms with Crippen LogP contribution in [-0.2, 0) is 16.6 Å². The van der Waals surface area contributed by atoms with E-state index in [-0.39, 0.29) is 29.8 Å². The van der Waals surface area contributed by atoms with Gasteiger partial charge in [-0.1, -0.05) is 30.3 Å². The van der Waals surface area contributed by atoms with E-state index in [9.17, 15) is 12.8 Å². The number of aliphatic hydroxyl groups excluding tert-OH is 1.